The van der Waals surface area contributed by atoms with Crippen LogP contribution in [-0.4, -0.2) is 56.1 Å². The van der Waals surface area contributed by atoms with Crippen LogP contribution in [0.4, 0.5) is 0 Å². The Labute approximate surface area is 194 Å². The fourth-order valence-corrected chi connectivity index (χ4v) is 3.10. The number of rotatable bonds is 11. The summed E-state index contributed by atoms with van der Waals surface area (Å²) in [5, 5.41) is 2.70. The van der Waals surface area contributed by atoms with Crippen LogP contribution >= 0.6 is 0 Å². The van der Waals surface area contributed by atoms with Crippen LogP contribution in [0, 0.1) is 5.92 Å². The van der Waals surface area contributed by atoms with E-state index in [0.717, 1.165) is 5.56 Å². The summed E-state index contributed by atoms with van der Waals surface area (Å²) in [6, 6.07) is 13.1. The van der Waals surface area contributed by atoms with Crippen molar-refractivity contribution in [1.82, 2.24) is 10.2 Å². The van der Waals surface area contributed by atoms with Crippen molar-refractivity contribution in [2.75, 3.05) is 27.4 Å². The van der Waals surface area contributed by atoms with Gasteiger partial charge in [0.25, 0.3) is 11.8 Å². The van der Waals surface area contributed by atoms with Crippen molar-refractivity contribution >= 4 is 17.8 Å². The summed E-state index contributed by atoms with van der Waals surface area (Å²) >= 11 is 0. The van der Waals surface area contributed by atoms with E-state index in [9.17, 15) is 14.4 Å². The van der Waals surface area contributed by atoms with E-state index in [2.05, 4.69) is 5.32 Å². The molecule has 0 unspecified atom stereocenters. The Kier molecular flexibility index (Phi) is 9.72. The van der Waals surface area contributed by atoms with Gasteiger partial charge in [-0.1, -0.05) is 32.0 Å². The maximum absolute atomic E-state index is 12.6. The lowest BCUT2D eigenvalue weighted by Crippen LogP contribution is -2.46. The normalized spacial score (nSPS) is 11.5. The Hall–Kier alpha value is -3.55. The second kappa shape index (κ2) is 12.5. The number of amides is 2. The molecule has 33 heavy (non-hydrogen) atoms. The molecule has 0 heterocycles. The van der Waals surface area contributed by atoms with Crippen molar-refractivity contribution < 1.29 is 28.6 Å². The number of nitrogens with one attached hydrogen (secondary N) is 1. The van der Waals surface area contributed by atoms with E-state index in [1.54, 1.807) is 52.3 Å². The summed E-state index contributed by atoms with van der Waals surface area (Å²) in [5.41, 5.74) is 1.23. The van der Waals surface area contributed by atoms with Gasteiger partial charge in [-0.3, -0.25) is 9.59 Å². The number of likely N-dealkylation sites (N-methyl/N-ethyl adjacent to an activating group) is 1. The van der Waals surface area contributed by atoms with Gasteiger partial charge in [-0.15, -0.1) is 0 Å². The van der Waals surface area contributed by atoms with Gasteiger partial charge in [-0.25, -0.2) is 4.79 Å². The van der Waals surface area contributed by atoms with Crippen LogP contribution in [0.25, 0.3) is 0 Å². The number of ether oxygens (including phenoxy) is 3. The quantitative estimate of drug-likeness (QED) is 0.523. The predicted octanol–water partition coefficient (Wildman–Crippen LogP) is 3.05. The van der Waals surface area contributed by atoms with Gasteiger partial charge in [0.05, 0.1) is 13.7 Å². The van der Waals surface area contributed by atoms with Gasteiger partial charge in [-0.05, 0) is 43.2 Å². The monoisotopic (exact) mass is 456 g/mol. The van der Waals surface area contributed by atoms with Gasteiger partial charge in [0.15, 0.2) is 6.61 Å². The van der Waals surface area contributed by atoms with Crippen molar-refractivity contribution in [3.63, 3.8) is 0 Å². The number of benzene rings is 2. The minimum atomic E-state index is -0.892. The molecular weight excluding hydrogens is 424 g/mol. The summed E-state index contributed by atoms with van der Waals surface area (Å²) in [5.74, 6) is -0.340. The molecule has 178 valence electrons. The maximum atomic E-state index is 12.6. The first-order valence-electron chi connectivity index (χ1n) is 10.8. The summed E-state index contributed by atoms with van der Waals surface area (Å²) in [6.45, 7) is 5.87. The summed E-state index contributed by atoms with van der Waals surface area (Å²) in [6.07, 6.45) is 0. The van der Waals surface area contributed by atoms with Crippen molar-refractivity contribution in [2.45, 2.75) is 33.4 Å². The third-order valence-corrected chi connectivity index (χ3v) is 5.00. The lowest BCUT2D eigenvalue weighted by Gasteiger charge is -2.22. The number of carbonyl (C=O) groups is 3. The van der Waals surface area contributed by atoms with Crippen molar-refractivity contribution in [3.05, 3.63) is 59.7 Å². The first-order chi connectivity index (χ1) is 15.8. The average Bonchev–Trinajstić information content (AvgIpc) is 2.81. The highest BCUT2D eigenvalue weighted by molar-refractivity contribution is 5.97. The van der Waals surface area contributed by atoms with Gasteiger partial charge < -0.3 is 24.4 Å². The number of methoxy groups -OCH3 is 1. The van der Waals surface area contributed by atoms with Crippen LogP contribution in [0.15, 0.2) is 48.5 Å². The molecule has 2 aromatic carbocycles. The molecule has 8 heteroatoms. The van der Waals surface area contributed by atoms with Crippen LogP contribution in [0.1, 0.15) is 36.7 Å². The Bertz CT molecular complexity index is 942. The highest BCUT2D eigenvalue weighted by Crippen LogP contribution is 2.19. The zero-order valence-electron chi connectivity index (χ0n) is 19.8. The van der Waals surface area contributed by atoms with E-state index in [-0.39, 0.29) is 11.8 Å². The first kappa shape index (κ1) is 25.7. The largest absolute Gasteiger partial charge is 0.496 e. The molecule has 0 aliphatic carbocycles. The molecule has 0 radical (unpaired) electrons. The Morgan fingerprint density at radius 1 is 1.03 bits per heavy atom. The number of esters is 1. The standard InChI is InChI=1S/C25H32N2O6/c1-6-32-20-13-11-18(12-14-20)24(29)26-23(17(2)3)25(30)33-16-22(28)27(4)15-19-9-7-8-10-21(19)31-5/h7-14,17,23H,6,15-16H2,1-5H3,(H,26,29)/t23-/m0/s1. The third kappa shape index (κ3) is 7.52. The first-order valence-corrected chi connectivity index (χ1v) is 10.8. The highest BCUT2D eigenvalue weighted by atomic mass is 16.5. The molecular formula is C25H32N2O6. The van der Waals surface area contributed by atoms with Crippen molar-refractivity contribution in [1.29, 1.82) is 0 Å². The second-order valence-electron chi connectivity index (χ2n) is 7.82. The van der Waals surface area contributed by atoms with E-state index in [1.807, 2.05) is 31.2 Å². The topological polar surface area (TPSA) is 94.2 Å². The lowest BCUT2D eigenvalue weighted by molar-refractivity contribution is -0.154. The van der Waals surface area contributed by atoms with Gasteiger partial charge in [-0.2, -0.15) is 0 Å². The molecule has 2 amide bonds. The van der Waals surface area contributed by atoms with E-state index in [4.69, 9.17) is 14.2 Å². The molecule has 0 aliphatic heterocycles. The molecule has 0 aliphatic rings. The Morgan fingerprint density at radius 3 is 2.30 bits per heavy atom. The predicted molar refractivity (Wildman–Crippen MR) is 124 cm³/mol. The fraction of sp³-hybridized carbons (Fsp3) is 0.400. The molecule has 2 rings (SSSR count). The van der Waals surface area contributed by atoms with E-state index in [1.165, 1.54) is 4.90 Å². The molecule has 2 aromatic rings. The Morgan fingerprint density at radius 2 is 1.70 bits per heavy atom. The number of hydrogen-bond acceptors (Lipinski definition) is 6. The number of para-hydroxylation sites is 1. The SMILES string of the molecule is CCOc1ccc(C(=O)N[C@H](C(=O)OCC(=O)N(C)Cc2ccccc2OC)C(C)C)cc1. The van der Waals surface area contributed by atoms with E-state index in [0.29, 0.717) is 30.2 Å². The average molecular weight is 457 g/mol. The van der Waals surface area contributed by atoms with Gasteiger partial charge in [0, 0.05) is 24.7 Å². The van der Waals surface area contributed by atoms with Crippen LogP contribution in [0.5, 0.6) is 11.5 Å². The minimum absolute atomic E-state index is 0.231. The zero-order valence-corrected chi connectivity index (χ0v) is 19.8. The van der Waals surface area contributed by atoms with E-state index < -0.39 is 24.5 Å². The summed E-state index contributed by atoms with van der Waals surface area (Å²) in [7, 11) is 3.19. The van der Waals surface area contributed by atoms with Crippen LogP contribution in [0.2, 0.25) is 0 Å². The van der Waals surface area contributed by atoms with Crippen LogP contribution in [-0.2, 0) is 20.9 Å². The zero-order chi connectivity index (χ0) is 24.4. The van der Waals surface area contributed by atoms with Gasteiger partial charge >= 0.3 is 5.97 Å². The number of nitrogens with zero attached hydrogens (tertiary/aromatic N) is 1. The van der Waals surface area contributed by atoms with Crippen molar-refractivity contribution in [3.8, 4) is 11.5 Å². The third-order valence-electron chi connectivity index (χ3n) is 5.00. The number of carbonyl (C=O) groups excluding carboxylic acids is 3. The summed E-state index contributed by atoms with van der Waals surface area (Å²) < 4.78 is 15.9. The highest BCUT2D eigenvalue weighted by Gasteiger charge is 2.27. The minimum Gasteiger partial charge on any atom is -0.496 e. The maximum Gasteiger partial charge on any atom is 0.329 e. The molecule has 0 spiro atoms. The Balaban J connectivity index is 1.93. The summed E-state index contributed by atoms with van der Waals surface area (Å²) in [4.78, 5) is 39.2. The van der Waals surface area contributed by atoms with Gasteiger partial charge in [0.2, 0.25) is 0 Å². The molecule has 8 nitrogen and oxygen atoms in total. The molecule has 1 atom stereocenters. The molecule has 0 fully saturated rings. The molecule has 0 saturated heterocycles. The van der Waals surface area contributed by atoms with Gasteiger partial charge in [0.1, 0.15) is 17.5 Å². The second-order valence-corrected chi connectivity index (χ2v) is 7.82. The van der Waals surface area contributed by atoms with Crippen molar-refractivity contribution in [2.24, 2.45) is 5.92 Å². The lowest BCUT2D eigenvalue weighted by atomic mass is 10.0. The molecule has 0 saturated carbocycles. The number of hydrogen-bond donors (Lipinski definition) is 1. The molecule has 0 bridgehead atoms. The molecule has 1 N–H and O–H groups in total. The van der Waals surface area contributed by atoms with Crippen LogP contribution < -0.4 is 14.8 Å². The smallest absolute Gasteiger partial charge is 0.329 e. The van der Waals surface area contributed by atoms with Crippen LogP contribution in [0.3, 0.4) is 0 Å². The molecule has 0 aromatic heterocycles. The van der Waals surface area contributed by atoms with E-state index >= 15 is 0 Å². The fourth-order valence-electron chi connectivity index (χ4n) is 3.10.